The van der Waals surface area contributed by atoms with E-state index in [9.17, 15) is 15.0 Å². The van der Waals surface area contributed by atoms with Gasteiger partial charge in [-0.3, -0.25) is 0 Å². The molecule has 0 aromatic heterocycles. The van der Waals surface area contributed by atoms with Gasteiger partial charge in [-0.05, 0) is 18.1 Å². The molecular weight excluding hydrogens is 236 g/mol. The number of hydrogen-bond donors (Lipinski definition) is 2. The van der Waals surface area contributed by atoms with Crippen LogP contribution in [0.3, 0.4) is 0 Å². The van der Waals surface area contributed by atoms with Crippen molar-refractivity contribution in [3.05, 3.63) is 22.8 Å². The van der Waals surface area contributed by atoms with Gasteiger partial charge in [-0.15, -0.1) is 0 Å². The number of cyclic esters (lactones) is 1. The molecule has 2 N–H and O–H groups in total. The number of aliphatic hydroxyl groups excluding tert-OH is 1. The molecule has 0 unspecified atom stereocenters. The average Bonchev–Trinajstić information content (AvgIpc) is 2.35. The Kier molecular flexibility index (Phi) is 3.17. The summed E-state index contributed by atoms with van der Waals surface area (Å²) in [5.74, 6) is -0.431. The predicted molar refractivity (Wildman–Crippen MR) is 64.1 cm³/mol. The van der Waals surface area contributed by atoms with Crippen LogP contribution in [0.4, 0.5) is 0 Å². The Labute approximate surface area is 105 Å². The number of methoxy groups -OCH3 is 1. The number of carbonyl (C=O) groups excluding carboxylic acids is 1. The highest BCUT2D eigenvalue weighted by molar-refractivity contribution is 5.96. The fourth-order valence-corrected chi connectivity index (χ4v) is 2.44. The van der Waals surface area contributed by atoms with Crippen molar-refractivity contribution in [2.75, 3.05) is 13.7 Å². The van der Waals surface area contributed by atoms with E-state index in [4.69, 9.17) is 9.47 Å². The number of benzene rings is 1. The fraction of sp³-hybridized carbons (Fsp3) is 0.462. The van der Waals surface area contributed by atoms with Crippen LogP contribution in [0.2, 0.25) is 0 Å². The van der Waals surface area contributed by atoms with E-state index in [1.807, 2.05) is 13.8 Å². The summed E-state index contributed by atoms with van der Waals surface area (Å²) in [7, 11) is 1.50. The number of phenols is 1. The number of ether oxygens (including phenoxy) is 2. The van der Waals surface area contributed by atoms with Crippen LogP contribution in [0, 0.1) is 6.92 Å². The molecule has 0 aliphatic carbocycles. The summed E-state index contributed by atoms with van der Waals surface area (Å²) in [5.41, 5.74) is 1.64. The summed E-state index contributed by atoms with van der Waals surface area (Å²) >= 11 is 0. The van der Waals surface area contributed by atoms with Gasteiger partial charge in [0.2, 0.25) is 0 Å². The number of hydrogen-bond acceptors (Lipinski definition) is 5. The van der Waals surface area contributed by atoms with Crippen LogP contribution in [0.25, 0.3) is 0 Å². The molecule has 5 nitrogen and oxygen atoms in total. The maximum absolute atomic E-state index is 11.8. The number of carbonyl (C=O) groups is 1. The summed E-state index contributed by atoms with van der Waals surface area (Å²) in [6.45, 7) is 3.42. The summed E-state index contributed by atoms with van der Waals surface area (Å²) in [4.78, 5) is 11.8. The highest BCUT2D eigenvalue weighted by Gasteiger charge is 2.36. The molecule has 0 fully saturated rings. The predicted octanol–water partition coefficient (Wildman–Crippen LogP) is 1.34. The maximum Gasteiger partial charge on any atom is 0.342 e. The van der Waals surface area contributed by atoms with Gasteiger partial charge in [0.15, 0.2) is 0 Å². The second-order valence-electron chi connectivity index (χ2n) is 4.43. The van der Waals surface area contributed by atoms with Crippen molar-refractivity contribution in [2.24, 2.45) is 0 Å². The van der Waals surface area contributed by atoms with Crippen LogP contribution < -0.4 is 4.74 Å². The van der Waals surface area contributed by atoms with Crippen LogP contribution >= 0.6 is 0 Å². The SMILES string of the molecule is COc1cc(O)c2c(c1C)[C@H](C)[C@H](CO)OC2=O. The lowest BCUT2D eigenvalue weighted by molar-refractivity contribution is 0.000350. The van der Waals surface area contributed by atoms with E-state index in [1.54, 1.807) is 0 Å². The standard InChI is InChI=1S/C13H16O5/c1-6-9(17-3)4-8(15)12-11(6)7(2)10(5-14)18-13(12)16/h4,7,10,14-15H,5H2,1-3H3/t7-,10+/m1/s1. The molecule has 0 saturated heterocycles. The van der Waals surface area contributed by atoms with Crippen molar-refractivity contribution in [2.45, 2.75) is 25.9 Å². The first-order chi connectivity index (χ1) is 8.51. The summed E-state index contributed by atoms with van der Waals surface area (Å²) in [6.07, 6.45) is -0.588. The molecular formula is C13H16O5. The Bertz CT molecular complexity index is 495. The van der Waals surface area contributed by atoms with Gasteiger partial charge in [0.05, 0.1) is 13.7 Å². The maximum atomic E-state index is 11.8. The summed E-state index contributed by atoms with van der Waals surface area (Å²) in [6, 6.07) is 1.40. The van der Waals surface area contributed by atoms with Crippen molar-refractivity contribution >= 4 is 5.97 Å². The second-order valence-corrected chi connectivity index (χ2v) is 4.43. The summed E-state index contributed by atoms with van der Waals surface area (Å²) in [5, 5.41) is 19.1. The van der Waals surface area contributed by atoms with Crippen molar-refractivity contribution < 1.29 is 24.5 Å². The van der Waals surface area contributed by atoms with Gasteiger partial charge in [0.1, 0.15) is 23.2 Å². The minimum absolute atomic E-state index is 0.152. The number of phenolic OH excluding ortho intramolecular Hbond substituents is 1. The minimum atomic E-state index is -0.606. The van der Waals surface area contributed by atoms with E-state index < -0.39 is 12.1 Å². The van der Waals surface area contributed by atoms with Crippen LogP contribution in [-0.4, -0.2) is 36.0 Å². The number of esters is 1. The monoisotopic (exact) mass is 252 g/mol. The van der Waals surface area contributed by atoms with Crippen molar-refractivity contribution in [1.82, 2.24) is 0 Å². The molecule has 0 spiro atoms. The average molecular weight is 252 g/mol. The first kappa shape index (κ1) is 12.7. The van der Waals surface area contributed by atoms with Crippen LogP contribution in [0.1, 0.15) is 34.3 Å². The molecule has 18 heavy (non-hydrogen) atoms. The number of rotatable bonds is 2. The van der Waals surface area contributed by atoms with E-state index >= 15 is 0 Å². The third-order valence-electron chi connectivity index (χ3n) is 3.44. The quantitative estimate of drug-likeness (QED) is 0.777. The highest BCUT2D eigenvalue weighted by atomic mass is 16.6. The van der Waals surface area contributed by atoms with Crippen molar-refractivity contribution in [1.29, 1.82) is 0 Å². The van der Waals surface area contributed by atoms with Gasteiger partial charge < -0.3 is 19.7 Å². The van der Waals surface area contributed by atoms with Gasteiger partial charge in [0, 0.05) is 12.0 Å². The second kappa shape index (κ2) is 4.49. The molecule has 5 heteroatoms. The van der Waals surface area contributed by atoms with Crippen molar-refractivity contribution in [3.63, 3.8) is 0 Å². The first-order valence-electron chi connectivity index (χ1n) is 5.73. The number of aromatic hydroxyl groups is 1. The zero-order valence-corrected chi connectivity index (χ0v) is 10.6. The zero-order chi connectivity index (χ0) is 13.4. The topological polar surface area (TPSA) is 76.0 Å². The molecule has 0 saturated carbocycles. The molecule has 1 aromatic rings. The van der Waals surface area contributed by atoms with Gasteiger partial charge in [0.25, 0.3) is 0 Å². The molecule has 0 bridgehead atoms. The zero-order valence-electron chi connectivity index (χ0n) is 10.6. The third-order valence-corrected chi connectivity index (χ3v) is 3.44. The van der Waals surface area contributed by atoms with Gasteiger partial charge >= 0.3 is 5.97 Å². The Morgan fingerprint density at radius 2 is 2.17 bits per heavy atom. The molecule has 98 valence electrons. The van der Waals surface area contributed by atoms with Crippen molar-refractivity contribution in [3.8, 4) is 11.5 Å². The number of aliphatic hydroxyl groups is 1. The summed E-state index contributed by atoms with van der Waals surface area (Å²) < 4.78 is 10.3. The van der Waals surface area contributed by atoms with Gasteiger partial charge in [-0.25, -0.2) is 4.79 Å². The molecule has 1 heterocycles. The van der Waals surface area contributed by atoms with Gasteiger partial charge in [-0.2, -0.15) is 0 Å². The lowest BCUT2D eigenvalue weighted by Crippen LogP contribution is -2.34. The molecule has 2 rings (SSSR count). The largest absolute Gasteiger partial charge is 0.507 e. The normalized spacial score (nSPS) is 22.3. The van der Waals surface area contributed by atoms with Crippen LogP contribution in [-0.2, 0) is 4.74 Å². The molecule has 1 aliphatic rings. The fourth-order valence-electron chi connectivity index (χ4n) is 2.44. The Balaban J connectivity index is 2.68. The third kappa shape index (κ3) is 1.71. The van der Waals surface area contributed by atoms with E-state index in [0.717, 1.165) is 5.56 Å². The van der Waals surface area contributed by atoms with E-state index in [1.165, 1.54) is 13.2 Å². The molecule has 1 aliphatic heterocycles. The Morgan fingerprint density at radius 3 is 2.72 bits per heavy atom. The highest BCUT2D eigenvalue weighted by Crippen LogP contribution is 2.41. The first-order valence-corrected chi connectivity index (χ1v) is 5.73. The van der Waals surface area contributed by atoms with Gasteiger partial charge in [-0.1, -0.05) is 6.92 Å². The van der Waals surface area contributed by atoms with Crippen LogP contribution in [0.5, 0.6) is 11.5 Å². The lowest BCUT2D eigenvalue weighted by atomic mass is 9.85. The molecule has 0 amide bonds. The molecule has 0 radical (unpaired) electrons. The van der Waals surface area contributed by atoms with E-state index in [2.05, 4.69) is 0 Å². The van der Waals surface area contributed by atoms with E-state index in [0.29, 0.717) is 11.3 Å². The Morgan fingerprint density at radius 1 is 1.50 bits per heavy atom. The van der Waals surface area contributed by atoms with Crippen LogP contribution in [0.15, 0.2) is 6.07 Å². The smallest absolute Gasteiger partial charge is 0.342 e. The molecule has 2 atom stereocenters. The molecule has 1 aromatic carbocycles. The lowest BCUT2D eigenvalue weighted by Gasteiger charge is -2.31. The minimum Gasteiger partial charge on any atom is -0.507 e. The van der Waals surface area contributed by atoms with E-state index in [-0.39, 0.29) is 23.8 Å². The number of fused-ring (bicyclic) bond motifs is 1. The Hall–Kier alpha value is -1.75.